The van der Waals surface area contributed by atoms with Gasteiger partial charge >= 0.3 is 6.09 Å². The average molecular weight is 243 g/mol. The Balaban J connectivity index is 2.69. The summed E-state index contributed by atoms with van der Waals surface area (Å²) in [6, 6.07) is 6.30. The van der Waals surface area contributed by atoms with Gasteiger partial charge in [-0.2, -0.15) is 0 Å². The van der Waals surface area contributed by atoms with Crippen molar-refractivity contribution in [2.45, 2.75) is 11.4 Å². The van der Waals surface area contributed by atoms with Crippen molar-refractivity contribution in [2.24, 2.45) is 0 Å². The molecule has 6 heteroatoms. The molecule has 0 fully saturated rings. The Hall–Kier alpha value is -1.56. The maximum atomic E-state index is 11.2. The highest BCUT2D eigenvalue weighted by atomic mass is 32.2. The number of hydrogen-bond donors (Lipinski definition) is 1. The molecular formula is C10H13NO4S. The summed E-state index contributed by atoms with van der Waals surface area (Å²) in [5, 5.41) is 2.50. The fourth-order valence-electron chi connectivity index (χ4n) is 1.10. The number of carbonyl (C=O) groups is 1. The van der Waals surface area contributed by atoms with E-state index in [9.17, 15) is 13.2 Å². The van der Waals surface area contributed by atoms with Gasteiger partial charge in [0.1, 0.15) is 0 Å². The van der Waals surface area contributed by atoms with E-state index in [2.05, 4.69) is 10.1 Å². The molecule has 0 unspecified atom stereocenters. The predicted molar refractivity (Wildman–Crippen MR) is 58.8 cm³/mol. The quantitative estimate of drug-likeness (QED) is 0.857. The molecule has 1 amide bonds. The number of methoxy groups -OCH3 is 1. The van der Waals surface area contributed by atoms with Gasteiger partial charge in [0.25, 0.3) is 0 Å². The van der Waals surface area contributed by atoms with Gasteiger partial charge in [-0.3, -0.25) is 0 Å². The lowest BCUT2D eigenvalue weighted by Crippen LogP contribution is -2.22. The number of ether oxygens (including phenoxy) is 1. The summed E-state index contributed by atoms with van der Waals surface area (Å²) in [5.41, 5.74) is 0.804. The van der Waals surface area contributed by atoms with Crippen molar-refractivity contribution >= 4 is 15.9 Å². The molecule has 0 saturated heterocycles. The Kier molecular flexibility index (Phi) is 3.89. The fourth-order valence-corrected chi connectivity index (χ4v) is 1.73. The van der Waals surface area contributed by atoms with Crippen LogP contribution in [-0.2, 0) is 21.1 Å². The highest BCUT2D eigenvalue weighted by Crippen LogP contribution is 2.09. The lowest BCUT2D eigenvalue weighted by atomic mass is 10.2. The first-order valence-electron chi connectivity index (χ1n) is 4.54. The van der Waals surface area contributed by atoms with Crippen molar-refractivity contribution < 1.29 is 17.9 Å². The van der Waals surface area contributed by atoms with E-state index in [0.717, 1.165) is 11.8 Å². The van der Waals surface area contributed by atoms with Gasteiger partial charge in [-0.1, -0.05) is 12.1 Å². The van der Waals surface area contributed by atoms with Crippen LogP contribution in [0.25, 0.3) is 0 Å². The summed E-state index contributed by atoms with van der Waals surface area (Å²) in [6.07, 6.45) is 0.626. The van der Waals surface area contributed by atoms with E-state index < -0.39 is 15.9 Å². The maximum absolute atomic E-state index is 11.2. The van der Waals surface area contributed by atoms with Gasteiger partial charge in [-0.05, 0) is 17.7 Å². The van der Waals surface area contributed by atoms with Crippen molar-refractivity contribution in [2.75, 3.05) is 13.4 Å². The minimum Gasteiger partial charge on any atom is -0.453 e. The van der Waals surface area contributed by atoms with E-state index in [1.54, 1.807) is 12.1 Å². The van der Waals surface area contributed by atoms with Gasteiger partial charge in [0.15, 0.2) is 9.84 Å². The Bertz CT molecular complexity index is 464. The number of rotatable bonds is 3. The predicted octanol–water partition coefficient (Wildman–Crippen LogP) is 0.946. The first kappa shape index (κ1) is 12.5. The van der Waals surface area contributed by atoms with Crippen LogP contribution in [0.15, 0.2) is 29.2 Å². The summed E-state index contributed by atoms with van der Waals surface area (Å²) in [7, 11) is -1.89. The van der Waals surface area contributed by atoms with Crippen LogP contribution >= 0.6 is 0 Å². The van der Waals surface area contributed by atoms with E-state index >= 15 is 0 Å². The molecule has 0 aliphatic rings. The first-order valence-corrected chi connectivity index (χ1v) is 6.43. The largest absolute Gasteiger partial charge is 0.453 e. The van der Waals surface area contributed by atoms with E-state index in [1.165, 1.54) is 19.2 Å². The minimum absolute atomic E-state index is 0.259. The van der Waals surface area contributed by atoms with E-state index in [-0.39, 0.29) is 4.90 Å². The molecule has 0 atom stereocenters. The van der Waals surface area contributed by atoms with E-state index in [4.69, 9.17) is 0 Å². The summed E-state index contributed by atoms with van der Waals surface area (Å²) < 4.78 is 26.7. The Labute approximate surface area is 94.3 Å². The maximum Gasteiger partial charge on any atom is 0.407 e. The molecule has 88 valence electrons. The SMILES string of the molecule is COC(=O)NCc1ccc(S(C)(=O)=O)cc1. The van der Waals surface area contributed by atoms with Crippen LogP contribution in [0.4, 0.5) is 4.79 Å². The third kappa shape index (κ3) is 3.54. The molecule has 1 N–H and O–H groups in total. The Morgan fingerprint density at radius 3 is 2.31 bits per heavy atom. The van der Waals surface area contributed by atoms with Crippen molar-refractivity contribution in [3.63, 3.8) is 0 Å². The fraction of sp³-hybridized carbons (Fsp3) is 0.300. The normalized spacial score (nSPS) is 10.9. The number of hydrogen-bond acceptors (Lipinski definition) is 4. The molecule has 0 radical (unpaired) electrons. The zero-order valence-corrected chi connectivity index (χ0v) is 9.87. The zero-order chi connectivity index (χ0) is 12.2. The topological polar surface area (TPSA) is 72.5 Å². The van der Waals surface area contributed by atoms with Crippen LogP contribution in [0.2, 0.25) is 0 Å². The summed E-state index contributed by atoms with van der Waals surface area (Å²) in [4.78, 5) is 11.0. The second kappa shape index (κ2) is 4.98. The van der Waals surface area contributed by atoms with Gasteiger partial charge in [0, 0.05) is 12.8 Å². The van der Waals surface area contributed by atoms with Gasteiger partial charge in [0.2, 0.25) is 0 Å². The zero-order valence-electron chi connectivity index (χ0n) is 9.06. The number of benzene rings is 1. The smallest absolute Gasteiger partial charge is 0.407 e. The van der Waals surface area contributed by atoms with Crippen LogP contribution in [-0.4, -0.2) is 27.9 Å². The van der Waals surface area contributed by atoms with Crippen molar-refractivity contribution in [3.8, 4) is 0 Å². The lowest BCUT2D eigenvalue weighted by molar-refractivity contribution is 0.170. The van der Waals surface area contributed by atoms with Gasteiger partial charge < -0.3 is 10.1 Å². The number of carbonyl (C=O) groups excluding carboxylic acids is 1. The van der Waals surface area contributed by atoms with Gasteiger partial charge in [-0.25, -0.2) is 13.2 Å². The van der Waals surface area contributed by atoms with Gasteiger partial charge in [0.05, 0.1) is 12.0 Å². The van der Waals surface area contributed by atoms with Crippen LogP contribution in [0, 0.1) is 0 Å². The standard InChI is InChI=1S/C10H13NO4S/c1-15-10(12)11-7-8-3-5-9(6-4-8)16(2,13)14/h3-6H,7H2,1-2H3,(H,11,12). The second-order valence-corrected chi connectivity index (χ2v) is 5.28. The summed E-state index contributed by atoms with van der Waals surface area (Å²) in [6.45, 7) is 0.302. The lowest BCUT2D eigenvalue weighted by Gasteiger charge is -2.04. The van der Waals surface area contributed by atoms with Crippen LogP contribution < -0.4 is 5.32 Å². The summed E-state index contributed by atoms with van der Waals surface area (Å²) >= 11 is 0. The molecule has 0 heterocycles. The molecule has 0 aliphatic carbocycles. The summed E-state index contributed by atoms with van der Waals surface area (Å²) in [5.74, 6) is 0. The van der Waals surface area contributed by atoms with Crippen LogP contribution in [0.1, 0.15) is 5.56 Å². The molecule has 0 saturated carbocycles. The van der Waals surface area contributed by atoms with Crippen molar-refractivity contribution in [1.29, 1.82) is 0 Å². The third-order valence-corrected chi connectivity index (χ3v) is 3.10. The van der Waals surface area contributed by atoms with Crippen molar-refractivity contribution in [3.05, 3.63) is 29.8 Å². The second-order valence-electron chi connectivity index (χ2n) is 3.26. The van der Waals surface area contributed by atoms with E-state index in [1.807, 2.05) is 0 Å². The molecule has 0 aromatic heterocycles. The minimum atomic E-state index is -3.17. The van der Waals surface area contributed by atoms with Crippen LogP contribution in [0.5, 0.6) is 0 Å². The first-order chi connectivity index (χ1) is 7.43. The molecular weight excluding hydrogens is 230 g/mol. The van der Waals surface area contributed by atoms with Crippen LogP contribution in [0.3, 0.4) is 0 Å². The Morgan fingerprint density at radius 1 is 1.31 bits per heavy atom. The molecule has 0 spiro atoms. The highest BCUT2D eigenvalue weighted by Gasteiger charge is 2.06. The highest BCUT2D eigenvalue weighted by molar-refractivity contribution is 7.90. The molecule has 16 heavy (non-hydrogen) atoms. The molecule has 1 aromatic carbocycles. The number of sulfone groups is 1. The van der Waals surface area contributed by atoms with E-state index in [0.29, 0.717) is 6.54 Å². The third-order valence-electron chi connectivity index (χ3n) is 1.97. The molecule has 1 rings (SSSR count). The average Bonchev–Trinajstić information content (AvgIpc) is 2.25. The number of nitrogens with one attached hydrogen (secondary N) is 1. The molecule has 5 nitrogen and oxygen atoms in total. The molecule has 0 bridgehead atoms. The Morgan fingerprint density at radius 2 is 1.88 bits per heavy atom. The van der Waals surface area contributed by atoms with Gasteiger partial charge in [-0.15, -0.1) is 0 Å². The monoisotopic (exact) mass is 243 g/mol. The van der Waals surface area contributed by atoms with Crippen molar-refractivity contribution in [1.82, 2.24) is 5.32 Å². The molecule has 1 aromatic rings. The number of amides is 1. The molecule has 0 aliphatic heterocycles. The number of alkyl carbamates (subject to hydrolysis) is 1.